The number of alkyl halides is 2. The molecule has 7 nitrogen and oxygen atoms in total. The third kappa shape index (κ3) is 5.68. The molecule has 0 aliphatic heterocycles. The summed E-state index contributed by atoms with van der Waals surface area (Å²) in [6.45, 7) is 0.825. The predicted octanol–water partition coefficient (Wildman–Crippen LogP) is 4.08. The van der Waals surface area contributed by atoms with Gasteiger partial charge in [-0.05, 0) is 32.0 Å². The lowest BCUT2D eigenvalue weighted by molar-refractivity contribution is -0.115. The first-order valence-corrected chi connectivity index (χ1v) is 9.14. The van der Waals surface area contributed by atoms with E-state index < -0.39 is 6.61 Å². The van der Waals surface area contributed by atoms with Gasteiger partial charge in [0, 0.05) is 28.5 Å². The molecule has 3 aromatic rings. The number of benzene rings is 1. The molecule has 0 fully saturated rings. The van der Waals surface area contributed by atoms with Crippen LogP contribution >= 0.6 is 11.3 Å². The standard InChI is InChI=1S/C18H17F2N5O2S/c1-10-6-11(2)22-17(21-10)25-18-24-13(9-28-18)8-15(26)23-12-4-3-5-14(7-12)27-16(19)20/h3-7,9,16H,8H2,1-2H3,(H,23,26)(H,21,22,24,25). The van der Waals surface area contributed by atoms with E-state index in [1.807, 2.05) is 19.9 Å². The zero-order chi connectivity index (χ0) is 20.1. The summed E-state index contributed by atoms with van der Waals surface area (Å²) < 4.78 is 28.9. The molecule has 1 amide bonds. The average Bonchev–Trinajstić information content (AvgIpc) is 3.00. The fourth-order valence-corrected chi connectivity index (χ4v) is 3.15. The van der Waals surface area contributed by atoms with Crippen molar-refractivity contribution in [3.63, 3.8) is 0 Å². The Balaban J connectivity index is 1.59. The lowest BCUT2D eigenvalue weighted by Gasteiger charge is -2.08. The van der Waals surface area contributed by atoms with Crippen molar-refractivity contribution < 1.29 is 18.3 Å². The molecule has 0 aliphatic rings. The van der Waals surface area contributed by atoms with Crippen molar-refractivity contribution in [2.45, 2.75) is 26.9 Å². The van der Waals surface area contributed by atoms with Gasteiger partial charge >= 0.3 is 6.61 Å². The summed E-state index contributed by atoms with van der Waals surface area (Å²) in [4.78, 5) is 25.1. The molecule has 0 aliphatic carbocycles. The Morgan fingerprint density at radius 3 is 2.64 bits per heavy atom. The Morgan fingerprint density at radius 1 is 1.18 bits per heavy atom. The van der Waals surface area contributed by atoms with Crippen molar-refractivity contribution in [1.29, 1.82) is 0 Å². The monoisotopic (exact) mass is 405 g/mol. The number of aromatic nitrogens is 3. The summed E-state index contributed by atoms with van der Waals surface area (Å²) >= 11 is 1.33. The minimum Gasteiger partial charge on any atom is -0.435 e. The summed E-state index contributed by atoms with van der Waals surface area (Å²) in [5, 5.41) is 7.97. The number of thiazole rings is 1. The Kier molecular flexibility index (Phi) is 6.09. The Bertz CT molecular complexity index is 960. The topological polar surface area (TPSA) is 89.0 Å². The minimum atomic E-state index is -2.92. The lowest BCUT2D eigenvalue weighted by Crippen LogP contribution is -2.14. The first kappa shape index (κ1) is 19.6. The van der Waals surface area contributed by atoms with Gasteiger partial charge in [-0.15, -0.1) is 11.3 Å². The molecule has 0 bridgehead atoms. The van der Waals surface area contributed by atoms with Crippen LogP contribution in [0.5, 0.6) is 5.75 Å². The van der Waals surface area contributed by atoms with E-state index in [0.717, 1.165) is 11.4 Å². The van der Waals surface area contributed by atoms with Gasteiger partial charge in [-0.2, -0.15) is 8.78 Å². The molecule has 2 N–H and O–H groups in total. The number of nitrogens with one attached hydrogen (secondary N) is 2. The van der Waals surface area contributed by atoms with E-state index in [-0.39, 0.29) is 18.1 Å². The number of hydrogen-bond acceptors (Lipinski definition) is 7. The van der Waals surface area contributed by atoms with Crippen molar-refractivity contribution >= 4 is 34.0 Å². The predicted molar refractivity (Wildman–Crippen MR) is 102 cm³/mol. The summed E-state index contributed by atoms with van der Waals surface area (Å²) in [6, 6.07) is 7.68. The Labute approximate surface area is 163 Å². The second kappa shape index (κ2) is 8.70. The molecule has 0 saturated carbocycles. The van der Waals surface area contributed by atoms with E-state index in [4.69, 9.17) is 0 Å². The number of nitrogens with zero attached hydrogens (tertiary/aromatic N) is 3. The fraction of sp³-hybridized carbons (Fsp3) is 0.222. The van der Waals surface area contributed by atoms with E-state index in [1.54, 1.807) is 11.4 Å². The van der Waals surface area contributed by atoms with E-state index >= 15 is 0 Å². The molecule has 0 atom stereocenters. The van der Waals surface area contributed by atoms with Crippen LogP contribution in [0.15, 0.2) is 35.7 Å². The van der Waals surface area contributed by atoms with Crippen LogP contribution < -0.4 is 15.4 Å². The highest BCUT2D eigenvalue weighted by molar-refractivity contribution is 7.13. The molecule has 28 heavy (non-hydrogen) atoms. The van der Waals surface area contributed by atoms with Crippen molar-refractivity contribution in [2.24, 2.45) is 0 Å². The number of halogens is 2. The quantitative estimate of drug-likeness (QED) is 0.616. The number of anilines is 3. The highest BCUT2D eigenvalue weighted by Crippen LogP contribution is 2.21. The van der Waals surface area contributed by atoms with E-state index in [9.17, 15) is 13.6 Å². The fourth-order valence-electron chi connectivity index (χ4n) is 2.44. The molecule has 0 saturated heterocycles. The number of hydrogen-bond donors (Lipinski definition) is 2. The first-order chi connectivity index (χ1) is 13.4. The van der Waals surface area contributed by atoms with Gasteiger partial charge in [0.25, 0.3) is 0 Å². The van der Waals surface area contributed by atoms with Gasteiger partial charge in [0.15, 0.2) is 5.13 Å². The zero-order valence-electron chi connectivity index (χ0n) is 15.1. The molecular formula is C18H17F2N5O2S. The average molecular weight is 405 g/mol. The van der Waals surface area contributed by atoms with Gasteiger partial charge in [0.1, 0.15) is 5.75 Å². The number of ether oxygens (including phenoxy) is 1. The van der Waals surface area contributed by atoms with Crippen molar-refractivity contribution in [3.8, 4) is 5.75 Å². The molecule has 1 aromatic carbocycles. The third-order valence-electron chi connectivity index (χ3n) is 3.44. The van der Waals surface area contributed by atoms with Crippen LogP contribution in [0.1, 0.15) is 17.1 Å². The first-order valence-electron chi connectivity index (χ1n) is 8.26. The maximum absolute atomic E-state index is 12.3. The molecule has 2 heterocycles. The maximum atomic E-state index is 12.3. The summed E-state index contributed by atoms with van der Waals surface area (Å²) in [5.74, 6) is 0.0915. The molecule has 0 spiro atoms. The van der Waals surface area contributed by atoms with Crippen LogP contribution in [0.4, 0.5) is 25.5 Å². The smallest absolute Gasteiger partial charge is 0.387 e. The normalized spacial score (nSPS) is 10.8. The van der Waals surface area contributed by atoms with Crippen molar-refractivity contribution in [3.05, 3.63) is 52.8 Å². The summed E-state index contributed by atoms with van der Waals surface area (Å²) in [6.07, 6.45) is 0.0335. The summed E-state index contributed by atoms with van der Waals surface area (Å²) in [7, 11) is 0. The van der Waals surface area contributed by atoms with Crippen LogP contribution in [-0.4, -0.2) is 27.5 Å². The Morgan fingerprint density at radius 2 is 1.93 bits per heavy atom. The largest absolute Gasteiger partial charge is 0.435 e. The van der Waals surface area contributed by atoms with E-state index in [1.165, 1.54) is 29.5 Å². The molecule has 10 heteroatoms. The number of carbonyl (C=O) groups is 1. The number of amides is 1. The third-order valence-corrected chi connectivity index (χ3v) is 4.24. The SMILES string of the molecule is Cc1cc(C)nc(Nc2nc(CC(=O)Nc3cccc(OC(F)F)c3)cs2)n1. The van der Waals surface area contributed by atoms with Crippen LogP contribution in [-0.2, 0) is 11.2 Å². The van der Waals surface area contributed by atoms with E-state index in [0.29, 0.717) is 22.5 Å². The van der Waals surface area contributed by atoms with Crippen LogP contribution in [0.25, 0.3) is 0 Å². The summed E-state index contributed by atoms with van der Waals surface area (Å²) in [5.41, 5.74) is 2.60. The Hall–Kier alpha value is -3.14. The molecule has 0 radical (unpaired) electrons. The molecule has 2 aromatic heterocycles. The van der Waals surface area contributed by atoms with Crippen LogP contribution in [0.3, 0.4) is 0 Å². The second-order valence-electron chi connectivity index (χ2n) is 5.87. The minimum absolute atomic E-state index is 0.0265. The van der Waals surface area contributed by atoms with Crippen LogP contribution in [0, 0.1) is 13.8 Å². The molecule has 146 valence electrons. The van der Waals surface area contributed by atoms with Gasteiger partial charge in [-0.3, -0.25) is 4.79 Å². The van der Waals surface area contributed by atoms with Crippen LogP contribution in [0.2, 0.25) is 0 Å². The molecule has 3 rings (SSSR count). The second-order valence-corrected chi connectivity index (χ2v) is 6.73. The number of rotatable bonds is 7. The van der Waals surface area contributed by atoms with Gasteiger partial charge in [-0.1, -0.05) is 6.07 Å². The number of aryl methyl sites for hydroxylation is 2. The molecular weight excluding hydrogens is 388 g/mol. The highest BCUT2D eigenvalue weighted by atomic mass is 32.1. The van der Waals surface area contributed by atoms with Crippen molar-refractivity contribution in [2.75, 3.05) is 10.6 Å². The highest BCUT2D eigenvalue weighted by Gasteiger charge is 2.11. The van der Waals surface area contributed by atoms with Gasteiger partial charge in [0.05, 0.1) is 12.1 Å². The van der Waals surface area contributed by atoms with Gasteiger partial charge in [0.2, 0.25) is 11.9 Å². The van der Waals surface area contributed by atoms with Crippen molar-refractivity contribution in [1.82, 2.24) is 15.0 Å². The lowest BCUT2D eigenvalue weighted by atomic mass is 10.2. The maximum Gasteiger partial charge on any atom is 0.387 e. The number of carbonyl (C=O) groups excluding carboxylic acids is 1. The molecule has 0 unspecified atom stereocenters. The van der Waals surface area contributed by atoms with Gasteiger partial charge < -0.3 is 15.4 Å². The zero-order valence-corrected chi connectivity index (χ0v) is 15.9. The van der Waals surface area contributed by atoms with Gasteiger partial charge in [-0.25, -0.2) is 15.0 Å². The van der Waals surface area contributed by atoms with E-state index in [2.05, 4.69) is 30.3 Å².